The van der Waals surface area contributed by atoms with Gasteiger partial charge in [-0.1, -0.05) is 0 Å². The summed E-state index contributed by atoms with van der Waals surface area (Å²) in [4.78, 5) is 0. The minimum atomic E-state index is 0. The van der Waals surface area contributed by atoms with E-state index in [1.54, 1.807) is 0 Å². The maximum atomic E-state index is 7.44. The molecule has 0 rings (SSSR count). The molecule has 1 N–H and O–H groups in total. The van der Waals surface area contributed by atoms with E-state index in [0.29, 0.717) is 0 Å². The van der Waals surface area contributed by atoms with Gasteiger partial charge >= 0.3 is 27.0 Å². The van der Waals surface area contributed by atoms with Crippen LogP contribution in [0.5, 0.6) is 0 Å². The molecule has 35 valence electrons. The summed E-state index contributed by atoms with van der Waals surface area (Å²) in [6.45, 7) is 0. The SMILES string of the molecule is [Ni].[OH][Cu][PH2]. The Labute approximate surface area is 43.8 Å². The number of hydrogen-bond acceptors (Lipinski definition) is 1. The Hall–Kier alpha value is 1.40. The van der Waals surface area contributed by atoms with Crippen LogP contribution in [0, 0.1) is 0 Å². The van der Waals surface area contributed by atoms with Gasteiger partial charge in [-0.05, 0) is 0 Å². The zero-order valence-electron chi connectivity index (χ0n) is 1.64. The molecule has 0 saturated carbocycles. The van der Waals surface area contributed by atoms with Gasteiger partial charge in [0, 0.05) is 16.5 Å². The Morgan fingerprint density at radius 1 is 1.75 bits per heavy atom. The Bertz CT molecular complexity index is 8.00. The predicted octanol–water partition coefficient (Wildman–Crippen LogP) is -0.236. The first-order chi connectivity index (χ1) is 1.41. The molecule has 1 unspecified atom stereocenters. The van der Waals surface area contributed by atoms with Gasteiger partial charge < -0.3 is 0 Å². The molecule has 0 heterocycles. The second-order valence-electron chi connectivity index (χ2n) is 0.0778. The molecule has 0 aliphatic rings. The van der Waals surface area contributed by atoms with Crippen LogP contribution in [0.1, 0.15) is 0 Å². The topological polar surface area (TPSA) is 20.2 Å². The van der Waals surface area contributed by atoms with E-state index in [4.69, 9.17) is 4.19 Å². The summed E-state index contributed by atoms with van der Waals surface area (Å²) < 4.78 is 7.44. The molecule has 1 atom stereocenters. The molecule has 0 aromatic heterocycles. The Kier molecular flexibility index (Phi) is 20.0. The molecular weight excluding hydrogens is 169 g/mol. The van der Waals surface area contributed by atoms with Crippen molar-refractivity contribution in [3.63, 3.8) is 0 Å². The fourth-order valence-electron chi connectivity index (χ4n) is 0. The van der Waals surface area contributed by atoms with Crippen LogP contribution in [0.2, 0.25) is 0 Å². The fourth-order valence-corrected chi connectivity index (χ4v) is 0. The van der Waals surface area contributed by atoms with E-state index in [-0.39, 0.29) is 16.5 Å². The summed E-state index contributed by atoms with van der Waals surface area (Å²) in [5.74, 6) is 0. The van der Waals surface area contributed by atoms with Crippen molar-refractivity contribution in [2.24, 2.45) is 0 Å². The van der Waals surface area contributed by atoms with E-state index < -0.39 is 0 Å². The zero-order chi connectivity index (χ0) is 2.71. The molecule has 0 radical (unpaired) electrons. The Morgan fingerprint density at radius 2 is 1.75 bits per heavy atom. The molecule has 0 spiro atoms. The van der Waals surface area contributed by atoms with Crippen molar-refractivity contribution in [1.82, 2.24) is 0 Å². The van der Waals surface area contributed by atoms with Crippen molar-refractivity contribution >= 4 is 7.93 Å². The van der Waals surface area contributed by atoms with Crippen LogP contribution in [0.15, 0.2) is 0 Å². The van der Waals surface area contributed by atoms with Gasteiger partial charge in [0.15, 0.2) is 0 Å². The fraction of sp³-hybridized carbons (Fsp3) is 0. The predicted molar refractivity (Wildman–Crippen MR) is 11.9 cm³/mol. The average molecular weight is 172 g/mol. The molecule has 0 fully saturated rings. The van der Waals surface area contributed by atoms with Gasteiger partial charge in [-0.3, -0.25) is 0 Å². The van der Waals surface area contributed by atoms with Gasteiger partial charge in [0.25, 0.3) is 0 Å². The third-order valence-corrected chi connectivity index (χ3v) is 0. The molecule has 0 amide bonds. The first kappa shape index (κ1) is 9.04. The third-order valence-electron chi connectivity index (χ3n) is 0. The van der Waals surface area contributed by atoms with E-state index in [1.807, 2.05) is 7.93 Å². The maximum absolute atomic E-state index is 7.44. The molecule has 0 aliphatic carbocycles. The van der Waals surface area contributed by atoms with Crippen molar-refractivity contribution in [3.8, 4) is 0 Å². The van der Waals surface area contributed by atoms with Crippen LogP contribution in [-0.4, -0.2) is 4.19 Å². The van der Waals surface area contributed by atoms with Crippen molar-refractivity contribution in [2.75, 3.05) is 0 Å². The summed E-state index contributed by atoms with van der Waals surface area (Å²) in [7, 11) is 2.04. The van der Waals surface area contributed by atoms with Crippen LogP contribution < -0.4 is 0 Å². The monoisotopic (exact) mass is 171 g/mol. The second kappa shape index (κ2) is 8.83. The van der Waals surface area contributed by atoms with E-state index in [2.05, 4.69) is 0 Å². The van der Waals surface area contributed by atoms with Crippen molar-refractivity contribution in [1.29, 1.82) is 0 Å². The zero-order valence-corrected chi connectivity index (χ0v) is 4.73. The quantitative estimate of drug-likeness (QED) is 0.395. The van der Waals surface area contributed by atoms with Crippen molar-refractivity contribution in [2.45, 2.75) is 0 Å². The summed E-state index contributed by atoms with van der Waals surface area (Å²) in [5.41, 5.74) is 0. The summed E-state index contributed by atoms with van der Waals surface area (Å²) in [6, 6.07) is 0. The van der Waals surface area contributed by atoms with Gasteiger partial charge in [-0.15, -0.1) is 0 Å². The molecule has 1 nitrogen and oxygen atoms in total. The molecule has 0 aromatic rings. The third kappa shape index (κ3) is 9.98. The molecular formula is H3CuNiOP. The minimum absolute atomic E-state index is 0. The summed E-state index contributed by atoms with van der Waals surface area (Å²) >= 11 is 0.729. The van der Waals surface area contributed by atoms with Crippen LogP contribution in [0.3, 0.4) is 0 Å². The Balaban J connectivity index is 0. The average Bonchev–Trinajstić information content (AvgIpc) is 0.918. The molecule has 0 bridgehead atoms. The van der Waals surface area contributed by atoms with Crippen LogP contribution in [0.25, 0.3) is 0 Å². The van der Waals surface area contributed by atoms with Gasteiger partial charge in [0.1, 0.15) is 0 Å². The van der Waals surface area contributed by atoms with Gasteiger partial charge in [-0.2, -0.15) is 0 Å². The first-order valence-corrected chi connectivity index (χ1v) is 2.71. The van der Waals surface area contributed by atoms with Crippen molar-refractivity contribution in [3.05, 3.63) is 0 Å². The second-order valence-corrected chi connectivity index (χ2v) is 0.963. The first-order valence-electron chi connectivity index (χ1n) is 0.309. The van der Waals surface area contributed by atoms with Gasteiger partial charge in [-0.25, -0.2) is 0 Å². The van der Waals surface area contributed by atoms with Gasteiger partial charge in [0.05, 0.1) is 0 Å². The van der Waals surface area contributed by atoms with Crippen LogP contribution in [0.4, 0.5) is 0 Å². The van der Waals surface area contributed by atoms with Crippen molar-refractivity contribution < 1.29 is 35.5 Å². The van der Waals surface area contributed by atoms with E-state index in [1.165, 1.54) is 0 Å². The molecule has 0 saturated heterocycles. The molecule has 4 heavy (non-hydrogen) atoms. The number of hydrogen-bond donors (Lipinski definition) is 1. The normalized spacial score (nSPS) is 5.50. The van der Waals surface area contributed by atoms with Crippen LogP contribution in [-0.2, 0) is 31.3 Å². The molecule has 0 aliphatic heterocycles. The molecule has 4 heteroatoms. The summed E-state index contributed by atoms with van der Waals surface area (Å²) in [5, 5.41) is 0. The summed E-state index contributed by atoms with van der Waals surface area (Å²) in [6.07, 6.45) is 0. The van der Waals surface area contributed by atoms with Crippen LogP contribution >= 0.6 is 7.93 Å². The van der Waals surface area contributed by atoms with Gasteiger partial charge in [0.2, 0.25) is 0 Å². The number of rotatable bonds is 0. The standard InChI is InChI=1S/Cu.Ni.H2O.H2P/h;;2*1H2/q+2;;;-1/p-1. The van der Waals surface area contributed by atoms with E-state index in [9.17, 15) is 0 Å². The molecule has 0 aromatic carbocycles. The van der Waals surface area contributed by atoms with E-state index >= 15 is 0 Å². The van der Waals surface area contributed by atoms with E-state index in [0.717, 1.165) is 14.8 Å². The Morgan fingerprint density at radius 3 is 1.75 bits per heavy atom.